The van der Waals surface area contributed by atoms with E-state index in [9.17, 15) is 19.2 Å². The number of nitrogens with one attached hydrogen (secondary N) is 3. The number of nitrogens with zero attached hydrogens (tertiary/aromatic N) is 2. The second-order valence-corrected chi connectivity index (χ2v) is 8.08. The maximum atomic E-state index is 13.3. The monoisotopic (exact) mass is 390 g/mol. The molecule has 0 unspecified atom stereocenters. The van der Waals surface area contributed by atoms with E-state index in [1.807, 2.05) is 13.8 Å². The Morgan fingerprint density at radius 1 is 1.43 bits per heavy atom. The van der Waals surface area contributed by atoms with Crippen molar-refractivity contribution in [3.8, 4) is 0 Å². The van der Waals surface area contributed by atoms with Gasteiger partial charge < -0.3 is 26.3 Å². The van der Waals surface area contributed by atoms with E-state index in [2.05, 4.69) is 20.6 Å². The highest BCUT2D eigenvalue weighted by Crippen LogP contribution is 2.36. The number of hydrogen-bond acceptors (Lipinski definition) is 5. The highest BCUT2D eigenvalue weighted by Gasteiger charge is 2.47. The highest BCUT2D eigenvalue weighted by molar-refractivity contribution is 5.95. The van der Waals surface area contributed by atoms with Crippen LogP contribution in [0.1, 0.15) is 38.8 Å². The molecule has 4 amide bonds. The molecule has 2 fully saturated rings. The quantitative estimate of drug-likeness (QED) is 0.482. The number of hydrogen-bond donors (Lipinski definition) is 4. The zero-order valence-electron chi connectivity index (χ0n) is 16.0. The van der Waals surface area contributed by atoms with E-state index >= 15 is 0 Å². The number of nitrogens with two attached hydrogens (primary N) is 1. The molecule has 5 N–H and O–H groups in total. The van der Waals surface area contributed by atoms with Gasteiger partial charge in [-0.25, -0.2) is 4.98 Å². The van der Waals surface area contributed by atoms with Crippen molar-refractivity contribution >= 4 is 23.6 Å². The predicted molar refractivity (Wildman–Crippen MR) is 98.5 cm³/mol. The fraction of sp³-hybridized carbons (Fsp3) is 0.611. The van der Waals surface area contributed by atoms with Crippen molar-refractivity contribution in [1.29, 1.82) is 0 Å². The van der Waals surface area contributed by atoms with Crippen LogP contribution in [0, 0.1) is 5.41 Å². The smallest absolute Gasteiger partial charge is 0.246 e. The largest absolute Gasteiger partial charge is 0.368 e. The van der Waals surface area contributed by atoms with Gasteiger partial charge in [0.15, 0.2) is 0 Å². The van der Waals surface area contributed by atoms with Crippen molar-refractivity contribution in [3.63, 3.8) is 0 Å². The summed E-state index contributed by atoms with van der Waals surface area (Å²) in [5.41, 5.74) is 5.80. The first-order valence-corrected chi connectivity index (χ1v) is 9.36. The van der Waals surface area contributed by atoms with Gasteiger partial charge in [-0.05, 0) is 18.3 Å². The van der Waals surface area contributed by atoms with Crippen LogP contribution in [0.2, 0.25) is 0 Å². The number of aromatic amines is 1. The van der Waals surface area contributed by atoms with Gasteiger partial charge in [0.2, 0.25) is 23.6 Å². The third kappa shape index (κ3) is 4.00. The molecule has 152 valence electrons. The molecule has 0 aliphatic carbocycles. The number of carbonyl (C=O) groups is 4. The summed E-state index contributed by atoms with van der Waals surface area (Å²) in [5, 5.41) is 5.33. The van der Waals surface area contributed by atoms with Gasteiger partial charge in [-0.15, -0.1) is 0 Å². The predicted octanol–water partition coefficient (Wildman–Crippen LogP) is -1.17. The van der Waals surface area contributed by atoms with E-state index in [-0.39, 0.29) is 24.7 Å². The third-order valence-electron chi connectivity index (χ3n) is 5.51. The van der Waals surface area contributed by atoms with Crippen molar-refractivity contribution in [3.05, 3.63) is 18.2 Å². The van der Waals surface area contributed by atoms with Crippen molar-refractivity contribution in [2.24, 2.45) is 11.1 Å². The summed E-state index contributed by atoms with van der Waals surface area (Å²) >= 11 is 0. The number of likely N-dealkylation sites (tertiary alicyclic amines) is 1. The standard InChI is InChI=1S/C18H26N6O4/c1-18(2)5-6-24(14(18)15(19)26)17(28)12(7-10-8-20-9-21-10)23-16(27)11-3-4-13(25)22-11/h8-9,11-12,14H,3-7H2,1-2H3,(H2,19,26)(H,20,21)(H,22,25)(H,23,27)/t11-,12-,14-/m0/s1. The molecule has 2 aliphatic heterocycles. The summed E-state index contributed by atoms with van der Waals surface area (Å²) < 4.78 is 0. The summed E-state index contributed by atoms with van der Waals surface area (Å²) in [4.78, 5) is 57.6. The normalized spacial score (nSPS) is 24.6. The minimum Gasteiger partial charge on any atom is -0.368 e. The van der Waals surface area contributed by atoms with Crippen molar-refractivity contribution in [2.45, 2.75) is 57.7 Å². The minimum atomic E-state index is -0.902. The second kappa shape index (κ2) is 7.61. The molecule has 0 saturated carbocycles. The van der Waals surface area contributed by atoms with Crippen LogP contribution in [0.3, 0.4) is 0 Å². The zero-order chi connectivity index (χ0) is 20.5. The first kappa shape index (κ1) is 19.8. The lowest BCUT2D eigenvalue weighted by Gasteiger charge is -2.32. The van der Waals surface area contributed by atoms with Crippen LogP contribution in [0.4, 0.5) is 0 Å². The molecule has 3 atom stereocenters. The van der Waals surface area contributed by atoms with Gasteiger partial charge >= 0.3 is 0 Å². The average Bonchev–Trinajstić information content (AvgIpc) is 3.33. The topological polar surface area (TPSA) is 150 Å². The molecule has 10 nitrogen and oxygen atoms in total. The fourth-order valence-electron chi connectivity index (χ4n) is 3.97. The lowest BCUT2D eigenvalue weighted by molar-refractivity contribution is -0.142. The SMILES string of the molecule is CC1(C)CCN(C(=O)[C@H](Cc2cnc[nH]2)NC(=O)[C@@H]2CCC(=O)N2)[C@H]1C(N)=O. The number of aromatic nitrogens is 2. The summed E-state index contributed by atoms with van der Waals surface area (Å²) in [5.74, 6) is -1.54. The highest BCUT2D eigenvalue weighted by atomic mass is 16.2. The van der Waals surface area contributed by atoms with Crippen LogP contribution in [0.25, 0.3) is 0 Å². The third-order valence-corrected chi connectivity index (χ3v) is 5.51. The van der Waals surface area contributed by atoms with Gasteiger partial charge in [0, 0.05) is 31.3 Å². The van der Waals surface area contributed by atoms with Crippen LogP contribution >= 0.6 is 0 Å². The molecular weight excluding hydrogens is 364 g/mol. The maximum absolute atomic E-state index is 13.3. The van der Waals surface area contributed by atoms with Crippen LogP contribution in [0.5, 0.6) is 0 Å². The Balaban J connectivity index is 1.79. The molecule has 1 aromatic rings. The average molecular weight is 390 g/mol. The molecule has 3 heterocycles. The summed E-state index contributed by atoms with van der Waals surface area (Å²) in [6.07, 6.45) is 4.55. The zero-order valence-corrected chi connectivity index (χ0v) is 16.0. The van der Waals surface area contributed by atoms with Crippen LogP contribution in [-0.4, -0.2) is 63.2 Å². The van der Waals surface area contributed by atoms with Crippen molar-refractivity contribution in [1.82, 2.24) is 25.5 Å². The molecule has 3 rings (SSSR count). The van der Waals surface area contributed by atoms with Gasteiger partial charge in [0.05, 0.1) is 6.33 Å². The first-order valence-electron chi connectivity index (χ1n) is 9.36. The van der Waals surface area contributed by atoms with Crippen molar-refractivity contribution in [2.75, 3.05) is 6.54 Å². The van der Waals surface area contributed by atoms with Crippen molar-refractivity contribution < 1.29 is 19.2 Å². The summed E-state index contributed by atoms with van der Waals surface area (Å²) in [6, 6.07) is -2.31. The van der Waals surface area contributed by atoms with Gasteiger partial charge in [-0.2, -0.15) is 0 Å². The van der Waals surface area contributed by atoms with E-state index in [1.165, 1.54) is 11.2 Å². The maximum Gasteiger partial charge on any atom is 0.246 e. The van der Waals surface area contributed by atoms with Crippen LogP contribution < -0.4 is 16.4 Å². The van der Waals surface area contributed by atoms with E-state index in [0.29, 0.717) is 25.1 Å². The lowest BCUT2D eigenvalue weighted by Crippen LogP contribution is -2.57. The van der Waals surface area contributed by atoms with E-state index < -0.39 is 35.4 Å². The molecular formula is C18H26N6O4. The summed E-state index contributed by atoms with van der Waals surface area (Å²) in [7, 11) is 0. The Kier molecular flexibility index (Phi) is 5.39. The Bertz CT molecular complexity index is 775. The number of rotatable bonds is 6. The number of H-pyrrole nitrogens is 1. The molecule has 1 aromatic heterocycles. The minimum absolute atomic E-state index is 0.188. The van der Waals surface area contributed by atoms with Gasteiger partial charge in [-0.3, -0.25) is 19.2 Å². The fourth-order valence-corrected chi connectivity index (χ4v) is 3.97. The van der Waals surface area contributed by atoms with Crippen LogP contribution in [0.15, 0.2) is 12.5 Å². The summed E-state index contributed by atoms with van der Waals surface area (Å²) in [6.45, 7) is 4.17. The Morgan fingerprint density at radius 2 is 2.18 bits per heavy atom. The van der Waals surface area contributed by atoms with Crippen LogP contribution in [-0.2, 0) is 25.6 Å². The Morgan fingerprint density at radius 3 is 2.75 bits per heavy atom. The Hall–Kier alpha value is -2.91. The number of imidazole rings is 1. The molecule has 2 aliphatic rings. The molecule has 0 aromatic carbocycles. The molecule has 0 bridgehead atoms. The molecule has 28 heavy (non-hydrogen) atoms. The molecule has 2 saturated heterocycles. The first-order chi connectivity index (χ1) is 13.2. The van der Waals surface area contributed by atoms with Gasteiger partial charge in [0.25, 0.3) is 0 Å². The van der Waals surface area contributed by atoms with E-state index in [0.717, 1.165) is 0 Å². The van der Waals surface area contributed by atoms with E-state index in [4.69, 9.17) is 5.73 Å². The van der Waals surface area contributed by atoms with Gasteiger partial charge in [0.1, 0.15) is 18.1 Å². The molecule has 0 spiro atoms. The molecule has 10 heteroatoms. The number of primary amides is 1. The lowest BCUT2D eigenvalue weighted by atomic mass is 9.84. The number of carbonyl (C=O) groups excluding carboxylic acids is 4. The Labute approximate surface area is 162 Å². The number of amides is 4. The van der Waals surface area contributed by atoms with E-state index in [1.54, 1.807) is 6.20 Å². The molecule has 0 radical (unpaired) electrons. The second-order valence-electron chi connectivity index (χ2n) is 8.08. The van der Waals surface area contributed by atoms with Gasteiger partial charge in [-0.1, -0.05) is 13.8 Å².